The van der Waals surface area contributed by atoms with E-state index in [9.17, 15) is 14.4 Å². The molecule has 0 unspecified atom stereocenters. The van der Waals surface area contributed by atoms with Crippen molar-refractivity contribution >= 4 is 40.6 Å². The molecule has 2 heterocycles. The van der Waals surface area contributed by atoms with Gasteiger partial charge < -0.3 is 9.80 Å². The van der Waals surface area contributed by atoms with Crippen molar-refractivity contribution in [3.63, 3.8) is 0 Å². The van der Waals surface area contributed by atoms with E-state index in [4.69, 9.17) is 0 Å². The van der Waals surface area contributed by atoms with E-state index in [1.807, 2.05) is 40.7 Å². The van der Waals surface area contributed by atoms with Crippen LogP contribution in [0.1, 0.15) is 51.7 Å². The fourth-order valence-electron chi connectivity index (χ4n) is 4.16. The minimum absolute atomic E-state index is 0.00439. The van der Waals surface area contributed by atoms with Gasteiger partial charge in [0.05, 0.1) is 4.91 Å². The normalized spacial score (nSPS) is 18.4. The monoisotopic (exact) mass is 429 g/mol. The molecule has 1 aromatic rings. The third-order valence-electron chi connectivity index (χ3n) is 5.58. The molecule has 6 nitrogen and oxygen atoms in total. The van der Waals surface area contributed by atoms with E-state index in [1.165, 1.54) is 18.5 Å². The first-order valence-corrected chi connectivity index (χ1v) is 11.4. The standard InChI is InChI=1S/C23H31N3O3S/c1-15(2)26(16(3)4)21(27)14-25-22(28)20(30-23(25)29)13-18-8-9-19(12-17(18)5)24-10-6-7-11-24/h8-9,12-13,15-16H,6-7,10-11,14H2,1-5H3/b20-13-. The minimum atomic E-state index is -0.395. The van der Waals surface area contributed by atoms with Crippen molar-refractivity contribution in [3.8, 4) is 0 Å². The average molecular weight is 430 g/mol. The van der Waals surface area contributed by atoms with Gasteiger partial charge in [-0.25, -0.2) is 0 Å². The Morgan fingerprint density at radius 2 is 1.77 bits per heavy atom. The fraction of sp³-hybridized carbons (Fsp3) is 0.522. The summed E-state index contributed by atoms with van der Waals surface area (Å²) >= 11 is 0.903. The van der Waals surface area contributed by atoms with Crippen LogP contribution in [-0.2, 0) is 9.59 Å². The molecule has 2 fully saturated rings. The molecule has 0 radical (unpaired) electrons. The Morgan fingerprint density at radius 1 is 1.13 bits per heavy atom. The molecular formula is C23H31N3O3S. The Kier molecular flexibility index (Phi) is 6.91. The summed E-state index contributed by atoms with van der Waals surface area (Å²) in [5.74, 6) is -0.608. The Hall–Kier alpha value is -2.28. The van der Waals surface area contributed by atoms with Crippen LogP contribution in [0.25, 0.3) is 6.08 Å². The number of carbonyl (C=O) groups is 3. The summed E-state index contributed by atoms with van der Waals surface area (Å²) in [4.78, 5) is 43.5. The summed E-state index contributed by atoms with van der Waals surface area (Å²) in [6, 6.07) is 6.21. The molecular weight excluding hydrogens is 398 g/mol. The molecule has 2 saturated heterocycles. The molecule has 7 heteroatoms. The molecule has 2 aliphatic heterocycles. The van der Waals surface area contributed by atoms with Crippen LogP contribution in [0.3, 0.4) is 0 Å². The number of imide groups is 1. The van der Waals surface area contributed by atoms with E-state index < -0.39 is 11.1 Å². The van der Waals surface area contributed by atoms with E-state index in [0.29, 0.717) is 4.91 Å². The van der Waals surface area contributed by atoms with E-state index in [1.54, 1.807) is 11.0 Å². The van der Waals surface area contributed by atoms with Gasteiger partial charge in [-0.05, 0) is 88.6 Å². The molecule has 2 aliphatic rings. The lowest BCUT2D eigenvalue weighted by atomic mass is 10.1. The molecule has 30 heavy (non-hydrogen) atoms. The van der Waals surface area contributed by atoms with E-state index in [-0.39, 0.29) is 24.5 Å². The van der Waals surface area contributed by atoms with E-state index >= 15 is 0 Å². The maximum Gasteiger partial charge on any atom is 0.294 e. The third-order valence-corrected chi connectivity index (χ3v) is 6.49. The van der Waals surface area contributed by atoms with E-state index in [0.717, 1.165) is 40.9 Å². The van der Waals surface area contributed by atoms with Gasteiger partial charge in [-0.15, -0.1) is 0 Å². The lowest BCUT2D eigenvalue weighted by molar-refractivity contribution is -0.138. The van der Waals surface area contributed by atoms with Crippen LogP contribution in [-0.4, -0.2) is 58.6 Å². The van der Waals surface area contributed by atoms with Crippen molar-refractivity contribution in [1.29, 1.82) is 0 Å². The van der Waals surface area contributed by atoms with Gasteiger partial charge in [0, 0.05) is 30.9 Å². The summed E-state index contributed by atoms with van der Waals surface area (Å²) in [7, 11) is 0. The molecule has 0 saturated carbocycles. The van der Waals surface area contributed by atoms with Crippen LogP contribution in [0.2, 0.25) is 0 Å². The SMILES string of the molecule is Cc1cc(N2CCCC2)ccc1/C=C1\SC(=O)N(CC(=O)N(C(C)C)C(C)C)C1=O. The molecule has 0 aliphatic carbocycles. The number of carbonyl (C=O) groups excluding carboxylic acids is 3. The zero-order valence-corrected chi connectivity index (χ0v) is 19.3. The van der Waals surface area contributed by atoms with Gasteiger partial charge in [0.2, 0.25) is 5.91 Å². The summed E-state index contributed by atoms with van der Waals surface area (Å²) in [5, 5.41) is -0.390. The largest absolute Gasteiger partial charge is 0.372 e. The highest BCUT2D eigenvalue weighted by Crippen LogP contribution is 2.33. The van der Waals surface area contributed by atoms with Gasteiger partial charge >= 0.3 is 0 Å². The van der Waals surface area contributed by atoms with Gasteiger partial charge in [0.25, 0.3) is 11.1 Å². The Bertz CT molecular complexity index is 864. The molecule has 0 N–H and O–H groups in total. The molecule has 162 valence electrons. The van der Waals surface area contributed by atoms with E-state index in [2.05, 4.69) is 17.0 Å². The predicted molar refractivity (Wildman–Crippen MR) is 122 cm³/mol. The van der Waals surface area contributed by atoms with Gasteiger partial charge in [-0.3, -0.25) is 19.3 Å². The highest BCUT2D eigenvalue weighted by Gasteiger charge is 2.37. The lowest BCUT2D eigenvalue weighted by Gasteiger charge is -2.31. The van der Waals surface area contributed by atoms with Crippen LogP contribution in [0.15, 0.2) is 23.1 Å². The summed E-state index contributed by atoms with van der Waals surface area (Å²) < 4.78 is 0. The second-order valence-corrected chi connectivity index (χ2v) is 9.48. The maximum absolute atomic E-state index is 12.8. The number of hydrogen-bond donors (Lipinski definition) is 0. The van der Waals surface area contributed by atoms with Crippen molar-refractivity contribution in [1.82, 2.24) is 9.80 Å². The predicted octanol–water partition coefficient (Wildman–Crippen LogP) is 4.28. The van der Waals surface area contributed by atoms with Crippen molar-refractivity contribution in [2.24, 2.45) is 0 Å². The first-order valence-electron chi connectivity index (χ1n) is 10.6. The van der Waals surface area contributed by atoms with Gasteiger partial charge in [0.1, 0.15) is 6.54 Å². The molecule has 3 rings (SSSR count). The molecule has 0 spiro atoms. The molecule has 0 bridgehead atoms. The Labute approximate surface area is 183 Å². The second kappa shape index (κ2) is 9.25. The zero-order chi connectivity index (χ0) is 22.0. The minimum Gasteiger partial charge on any atom is -0.372 e. The van der Waals surface area contributed by atoms with Crippen molar-refractivity contribution in [2.45, 2.75) is 59.5 Å². The van der Waals surface area contributed by atoms with Crippen molar-refractivity contribution in [3.05, 3.63) is 34.2 Å². The number of thioether (sulfide) groups is 1. The Balaban J connectivity index is 1.75. The van der Waals surface area contributed by atoms with Crippen LogP contribution in [0.5, 0.6) is 0 Å². The van der Waals surface area contributed by atoms with Crippen LogP contribution < -0.4 is 4.90 Å². The average Bonchev–Trinajstić information content (AvgIpc) is 3.28. The Morgan fingerprint density at radius 3 is 2.33 bits per heavy atom. The third kappa shape index (κ3) is 4.72. The summed E-state index contributed by atoms with van der Waals surface area (Å²) in [6.07, 6.45) is 4.20. The number of aryl methyl sites for hydroxylation is 1. The lowest BCUT2D eigenvalue weighted by Crippen LogP contribution is -2.48. The van der Waals surface area contributed by atoms with Crippen LogP contribution in [0.4, 0.5) is 10.5 Å². The number of rotatable bonds is 6. The first-order chi connectivity index (χ1) is 14.2. The fourth-order valence-corrected chi connectivity index (χ4v) is 4.99. The van der Waals surface area contributed by atoms with Crippen LogP contribution in [0, 0.1) is 6.92 Å². The van der Waals surface area contributed by atoms with Crippen LogP contribution >= 0.6 is 11.8 Å². The first kappa shape index (κ1) is 22.4. The summed E-state index contributed by atoms with van der Waals surface area (Å²) in [5.41, 5.74) is 3.18. The highest BCUT2D eigenvalue weighted by atomic mass is 32.2. The van der Waals surface area contributed by atoms with Crippen molar-refractivity contribution < 1.29 is 14.4 Å². The number of nitrogens with zero attached hydrogens (tertiary/aromatic N) is 3. The molecule has 0 aromatic heterocycles. The highest BCUT2D eigenvalue weighted by molar-refractivity contribution is 8.18. The van der Waals surface area contributed by atoms with Gasteiger partial charge in [-0.2, -0.15) is 0 Å². The molecule has 0 atom stereocenters. The number of hydrogen-bond acceptors (Lipinski definition) is 5. The topological polar surface area (TPSA) is 60.9 Å². The number of amides is 3. The van der Waals surface area contributed by atoms with Crippen molar-refractivity contribution in [2.75, 3.05) is 24.5 Å². The smallest absolute Gasteiger partial charge is 0.294 e. The molecule has 1 aromatic carbocycles. The number of benzene rings is 1. The van der Waals surface area contributed by atoms with Gasteiger partial charge in [0.15, 0.2) is 0 Å². The second-order valence-electron chi connectivity index (χ2n) is 8.49. The summed E-state index contributed by atoms with van der Waals surface area (Å²) in [6.45, 7) is 11.7. The number of anilines is 1. The zero-order valence-electron chi connectivity index (χ0n) is 18.5. The quantitative estimate of drug-likeness (QED) is 0.632. The molecule has 3 amide bonds. The maximum atomic E-state index is 12.8. The van der Waals surface area contributed by atoms with Gasteiger partial charge in [-0.1, -0.05) is 6.07 Å².